The summed E-state index contributed by atoms with van der Waals surface area (Å²) >= 11 is 0. The van der Waals surface area contributed by atoms with E-state index in [4.69, 9.17) is 9.47 Å². The van der Waals surface area contributed by atoms with Crippen LogP contribution in [0, 0.1) is 11.7 Å². The SMILES string of the molecule is CN1C(=O)[C@@H]2CN(S(=O)(=O)c3ccc4c(c3)OCO4)C[C@@H]2c2cc(F)ccc21. The quantitative estimate of drug-likeness (QED) is 0.765. The molecule has 0 radical (unpaired) electrons. The van der Waals surface area contributed by atoms with E-state index in [1.165, 1.54) is 33.5 Å². The van der Waals surface area contributed by atoms with Crippen molar-refractivity contribution in [3.05, 3.63) is 47.8 Å². The van der Waals surface area contributed by atoms with Gasteiger partial charge in [-0.1, -0.05) is 0 Å². The molecule has 2 atom stereocenters. The Bertz CT molecular complexity index is 1100. The van der Waals surface area contributed by atoms with Gasteiger partial charge in [-0.3, -0.25) is 4.79 Å². The summed E-state index contributed by atoms with van der Waals surface area (Å²) in [5.41, 5.74) is 1.28. The van der Waals surface area contributed by atoms with E-state index in [9.17, 15) is 17.6 Å². The van der Waals surface area contributed by atoms with Gasteiger partial charge in [-0.25, -0.2) is 12.8 Å². The van der Waals surface area contributed by atoms with Crippen molar-refractivity contribution in [2.75, 3.05) is 31.8 Å². The molecule has 0 unspecified atom stereocenters. The summed E-state index contributed by atoms with van der Waals surface area (Å²) in [7, 11) is -2.21. The Labute approximate surface area is 161 Å². The van der Waals surface area contributed by atoms with E-state index in [2.05, 4.69) is 0 Å². The number of hydrogen-bond donors (Lipinski definition) is 0. The van der Waals surface area contributed by atoms with E-state index >= 15 is 0 Å². The van der Waals surface area contributed by atoms with Crippen molar-refractivity contribution in [3.63, 3.8) is 0 Å². The maximum Gasteiger partial charge on any atom is 0.243 e. The van der Waals surface area contributed by atoms with Crippen molar-refractivity contribution < 1.29 is 27.1 Å². The number of hydrogen-bond acceptors (Lipinski definition) is 5. The third-order valence-corrected chi connectivity index (χ3v) is 7.49. The number of halogens is 1. The van der Waals surface area contributed by atoms with Crippen molar-refractivity contribution in [2.45, 2.75) is 10.8 Å². The molecule has 3 aliphatic rings. The van der Waals surface area contributed by atoms with E-state index in [0.717, 1.165) is 0 Å². The van der Waals surface area contributed by atoms with Gasteiger partial charge in [-0.05, 0) is 35.9 Å². The lowest BCUT2D eigenvalue weighted by Crippen LogP contribution is -2.41. The molecular weight excluding hydrogens is 387 g/mol. The van der Waals surface area contributed by atoms with Crippen molar-refractivity contribution in [1.29, 1.82) is 0 Å². The summed E-state index contributed by atoms with van der Waals surface area (Å²) in [6.07, 6.45) is 0. The van der Waals surface area contributed by atoms with Gasteiger partial charge in [-0.15, -0.1) is 0 Å². The molecule has 0 bridgehead atoms. The molecule has 1 saturated heterocycles. The molecule has 0 saturated carbocycles. The predicted molar refractivity (Wildman–Crippen MR) is 97.4 cm³/mol. The first kappa shape index (κ1) is 17.4. The van der Waals surface area contributed by atoms with Crippen molar-refractivity contribution in [3.8, 4) is 11.5 Å². The Hall–Kier alpha value is -2.65. The number of carbonyl (C=O) groups excluding carboxylic acids is 1. The minimum atomic E-state index is -3.84. The molecule has 9 heteroatoms. The Kier molecular flexibility index (Phi) is 3.69. The van der Waals surface area contributed by atoms with Crippen molar-refractivity contribution in [2.24, 2.45) is 5.92 Å². The topological polar surface area (TPSA) is 76.2 Å². The van der Waals surface area contributed by atoms with Crippen LogP contribution in [0.2, 0.25) is 0 Å². The molecule has 28 heavy (non-hydrogen) atoms. The third kappa shape index (κ3) is 2.43. The van der Waals surface area contributed by atoms with E-state index in [0.29, 0.717) is 22.7 Å². The largest absolute Gasteiger partial charge is 0.454 e. The standard InChI is InChI=1S/C19H17FN2O5S/c1-21-16-4-2-11(20)6-13(16)14-8-22(9-15(14)19(21)23)28(24,25)12-3-5-17-18(7-12)27-10-26-17/h2-7,14-15H,8-10H2,1H3/t14-,15-/m1/s1. The fourth-order valence-electron chi connectivity index (χ4n) is 4.21. The highest BCUT2D eigenvalue weighted by molar-refractivity contribution is 7.89. The summed E-state index contributed by atoms with van der Waals surface area (Å²) in [4.78, 5) is 14.3. The predicted octanol–water partition coefficient (Wildman–Crippen LogP) is 1.94. The summed E-state index contributed by atoms with van der Waals surface area (Å²) in [5.74, 6) is -0.609. The Balaban J connectivity index is 1.52. The van der Waals surface area contributed by atoms with Gasteiger partial charge < -0.3 is 14.4 Å². The molecule has 7 nitrogen and oxygen atoms in total. The molecule has 2 aromatic carbocycles. The molecule has 0 aromatic heterocycles. The van der Waals surface area contributed by atoms with Crippen LogP contribution < -0.4 is 14.4 Å². The number of amides is 1. The Morgan fingerprint density at radius 3 is 2.61 bits per heavy atom. The molecule has 0 aliphatic carbocycles. The number of benzene rings is 2. The number of fused-ring (bicyclic) bond motifs is 4. The van der Waals surface area contributed by atoms with Gasteiger partial charge in [0.05, 0.1) is 10.8 Å². The van der Waals surface area contributed by atoms with E-state index in [1.807, 2.05) is 0 Å². The minimum absolute atomic E-state index is 0.0515. The van der Waals surface area contributed by atoms with Gasteiger partial charge >= 0.3 is 0 Å². The minimum Gasteiger partial charge on any atom is -0.454 e. The van der Waals surface area contributed by atoms with E-state index in [1.54, 1.807) is 19.2 Å². The molecule has 0 spiro atoms. The molecule has 2 aromatic rings. The fraction of sp³-hybridized carbons (Fsp3) is 0.316. The summed E-state index contributed by atoms with van der Waals surface area (Å²) in [5, 5.41) is 0. The zero-order valence-electron chi connectivity index (χ0n) is 15.0. The number of nitrogens with zero attached hydrogens (tertiary/aromatic N) is 2. The second-order valence-electron chi connectivity index (χ2n) is 7.15. The van der Waals surface area contributed by atoms with Gasteiger partial charge in [0, 0.05) is 37.8 Å². The summed E-state index contributed by atoms with van der Waals surface area (Å²) < 4.78 is 52.0. The number of rotatable bonds is 2. The molecule has 146 valence electrons. The first-order valence-electron chi connectivity index (χ1n) is 8.83. The number of sulfonamides is 1. The van der Waals surface area contributed by atoms with Crippen LogP contribution in [0.25, 0.3) is 0 Å². The fourth-order valence-corrected chi connectivity index (χ4v) is 5.72. The highest BCUT2D eigenvalue weighted by atomic mass is 32.2. The van der Waals surface area contributed by atoms with Crippen LogP contribution in [0.3, 0.4) is 0 Å². The first-order chi connectivity index (χ1) is 13.4. The Morgan fingerprint density at radius 1 is 1.04 bits per heavy atom. The van der Waals surface area contributed by atoms with E-state index < -0.39 is 21.8 Å². The van der Waals surface area contributed by atoms with Crippen LogP contribution in [0.15, 0.2) is 41.3 Å². The summed E-state index contributed by atoms with van der Waals surface area (Å²) in [6, 6.07) is 8.72. The smallest absolute Gasteiger partial charge is 0.243 e. The molecule has 1 fully saturated rings. The maximum atomic E-state index is 13.8. The summed E-state index contributed by atoms with van der Waals surface area (Å²) in [6.45, 7) is 0.230. The average molecular weight is 404 g/mol. The maximum absolute atomic E-state index is 13.8. The molecule has 3 heterocycles. The lowest BCUT2D eigenvalue weighted by molar-refractivity contribution is -0.122. The Morgan fingerprint density at radius 2 is 1.79 bits per heavy atom. The number of carbonyl (C=O) groups is 1. The molecule has 0 N–H and O–H groups in total. The van der Waals surface area contributed by atoms with Gasteiger partial charge in [0.15, 0.2) is 11.5 Å². The van der Waals surface area contributed by atoms with E-state index in [-0.39, 0.29) is 36.6 Å². The third-order valence-electron chi connectivity index (χ3n) is 5.67. The lowest BCUT2D eigenvalue weighted by atomic mass is 9.83. The van der Waals surface area contributed by atoms with Gasteiger partial charge in [-0.2, -0.15) is 4.31 Å². The van der Waals surface area contributed by atoms with Crippen LogP contribution in [0.1, 0.15) is 11.5 Å². The van der Waals surface area contributed by atoms with Crippen LogP contribution in [0.5, 0.6) is 11.5 Å². The van der Waals surface area contributed by atoms with Crippen LogP contribution in [-0.2, 0) is 14.8 Å². The monoisotopic (exact) mass is 404 g/mol. The van der Waals surface area contributed by atoms with Crippen LogP contribution in [-0.4, -0.2) is 45.6 Å². The van der Waals surface area contributed by atoms with Crippen LogP contribution >= 0.6 is 0 Å². The van der Waals surface area contributed by atoms with Crippen LogP contribution in [0.4, 0.5) is 10.1 Å². The van der Waals surface area contributed by atoms with Gasteiger partial charge in [0.1, 0.15) is 5.82 Å². The first-order valence-corrected chi connectivity index (χ1v) is 10.3. The highest BCUT2D eigenvalue weighted by Gasteiger charge is 2.48. The van der Waals surface area contributed by atoms with Gasteiger partial charge in [0.2, 0.25) is 22.7 Å². The molecule has 1 amide bonds. The number of anilines is 1. The highest BCUT2D eigenvalue weighted by Crippen LogP contribution is 2.45. The van der Waals surface area contributed by atoms with Crippen molar-refractivity contribution in [1.82, 2.24) is 4.31 Å². The zero-order chi connectivity index (χ0) is 19.6. The lowest BCUT2D eigenvalue weighted by Gasteiger charge is -2.33. The average Bonchev–Trinajstić information content (AvgIpc) is 3.33. The second kappa shape index (κ2) is 5.92. The second-order valence-corrected chi connectivity index (χ2v) is 9.09. The molecule has 5 rings (SSSR count). The van der Waals surface area contributed by atoms with Gasteiger partial charge in [0.25, 0.3) is 0 Å². The zero-order valence-corrected chi connectivity index (χ0v) is 15.8. The molecular formula is C19H17FN2O5S. The number of ether oxygens (including phenoxy) is 2. The van der Waals surface area contributed by atoms with Crippen molar-refractivity contribution >= 4 is 21.6 Å². The normalized spacial score (nSPS) is 23.6. The molecule has 3 aliphatic heterocycles.